The molecule has 1 aromatic heterocycles. The largest absolute Gasteiger partial charge is 0.497 e. The molecule has 2 rings (SSSR count). The summed E-state index contributed by atoms with van der Waals surface area (Å²) >= 11 is 1.53. The van der Waals surface area contributed by atoms with Gasteiger partial charge in [0.2, 0.25) is 0 Å². The number of methoxy groups -OCH3 is 1. The Morgan fingerprint density at radius 3 is 2.58 bits per heavy atom. The van der Waals surface area contributed by atoms with Crippen molar-refractivity contribution >= 4 is 27.5 Å². The van der Waals surface area contributed by atoms with Gasteiger partial charge in [-0.2, -0.15) is 4.99 Å². The Balaban J connectivity index is 2.45. The molecule has 26 heavy (non-hydrogen) atoms. The van der Waals surface area contributed by atoms with Crippen LogP contribution < -0.4 is 9.54 Å². The Morgan fingerprint density at radius 2 is 1.96 bits per heavy atom. The van der Waals surface area contributed by atoms with Crippen LogP contribution in [0.1, 0.15) is 46.5 Å². The summed E-state index contributed by atoms with van der Waals surface area (Å²) in [6.07, 6.45) is 3.79. The molecule has 5 nitrogen and oxygen atoms in total. The number of hydrogen-bond acceptors (Lipinski definition) is 4. The van der Waals surface area contributed by atoms with Crippen molar-refractivity contribution in [2.75, 3.05) is 20.3 Å². The van der Waals surface area contributed by atoms with E-state index in [9.17, 15) is 4.79 Å². The monoisotopic (exact) mass is 378 g/mol. The number of rotatable bonds is 10. The fraction of sp³-hybridized carbons (Fsp3) is 0.600. The Bertz CT molecular complexity index is 773. The third-order valence-electron chi connectivity index (χ3n) is 4.38. The minimum atomic E-state index is -0.00242. The average Bonchev–Trinajstić information content (AvgIpc) is 2.98. The quantitative estimate of drug-likeness (QED) is 0.576. The Labute approximate surface area is 159 Å². The van der Waals surface area contributed by atoms with E-state index >= 15 is 0 Å². The van der Waals surface area contributed by atoms with Gasteiger partial charge in [-0.15, -0.1) is 0 Å². The predicted molar refractivity (Wildman–Crippen MR) is 107 cm³/mol. The van der Waals surface area contributed by atoms with Crippen LogP contribution in [0.15, 0.2) is 23.2 Å². The first-order valence-electron chi connectivity index (χ1n) is 9.48. The standard InChI is InChI=1S/C20H30N2O3S/c1-5-8-15(9-6-2)19(23)21-20-22(12-13-25-7-3)17-11-10-16(24-4)14-18(17)26-20/h10-11,14-15H,5-9,12-13H2,1-4H3. The van der Waals surface area contributed by atoms with Crippen LogP contribution in [0, 0.1) is 5.92 Å². The van der Waals surface area contributed by atoms with Gasteiger partial charge in [0.25, 0.3) is 5.91 Å². The third kappa shape index (κ3) is 5.17. The first-order valence-corrected chi connectivity index (χ1v) is 10.3. The summed E-state index contributed by atoms with van der Waals surface area (Å²) in [5.41, 5.74) is 1.06. The topological polar surface area (TPSA) is 52.8 Å². The second-order valence-corrected chi connectivity index (χ2v) is 7.30. The molecule has 0 atom stereocenters. The highest BCUT2D eigenvalue weighted by atomic mass is 32.1. The van der Waals surface area contributed by atoms with Crippen molar-refractivity contribution in [2.24, 2.45) is 10.9 Å². The number of fused-ring (bicyclic) bond motifs is 1. The summed E-state index contributed by atoms with van der Waals surface area (Å²) < 4.78 is 14.0. The number of amides is 1. The van der Waals surface area contributed by atoms with Gasteiger partial charge < -0.3 is 14.0 Å². The van der Waals surface area contributed by atoms with Gasteiger partial charge in [0.05, 0.1) is 23.9 Å². The van der Waals surface area contributed by atoms with E-state index in [0.29, 0.717) is 19.8 Å². The van der Waals surface area contributed by atoms with E-state index in [1.54, 1.807) is 7.11 Å². The summed E-state index contributed by atoms with van der Waals surface area (Å²) in [5, 5.41) is 0. The SMILES string of the molecule is CCCC(CCC)C(=O)N=c1sc2cc(OC)ccc2n1CCOCC. The van der Waals surface area contributed by atoms with Crippen LogP contribution in [0.25, 0.3) is 10.2 Å². The molecule has 0 fully saturated rings. The number of aromatic nitrogens is 1. The molecular weight excluding hydrogens is 348 g/mol. The van der Waals surface area contributed by atoms with Crippen molar-refractivity contribution in [3.63, 3.8) is 0 Å². The molecule has 0 bridgehead atoms. The molecule has 1 amide bonds. The lowest BCUT2D eigenvalue weighted by Crippen LogP contribution is -2.22. The highest BCUT2D eigenvalue weighted by molar-refractivity contribution is 7.16. The molecule has 0 saturated carbocycles. The Hall–Kier alpha value is -1.66. The highest BCUT2D eigenvalue weighted by Crippen LogP contribution is 2.23. The van der Waals surface area contributed by atoms with Gasteiger partial charge in [-0.05, 0) is 38.0 Å². The van der Waals surface area contributed by atoms with Crippen molar-refractivity contribution in [1.82, 2.24) is 4.57 Å². The third-order valence-corrected chi connectivity index (χ3v) is 5.42. The second kappa shape index (κ2) is 10.5. The minimum Gasteiger partial charge on any atom is -0.497 e. The molecule has 2 aromatic rings. The van der Waals surface area contributed by atoms with Crippen LogP contribution in [-0.4, -0.2) is 30.8 Å². The van der Waals surface area contributed by atoms with Crippen LogP contribution >= 0.6 is 11.3 Å². The zero-order chi connectivity index (χ0) is 18.9. The molecule has 0 saturated heterocycles. The van der Waals surface area contributed by atoms with Crippen LogP contribution in [0.5, 0.6) is 5.75 Å². The van der Waals surface area contributed by atoms with Gasteiger partial charge in [0.15, 0.2) is 4.80 Å². The zero-order valence-electron chi connectivity index (χ0n) is 16.3. The molecule has 0 N–H and O–H groups in total. The van der Waals surface area contributed by atoms with E-state index in [2.05, 4.69) is 23.4 Å². The molecule has 1 heterocycles. The molecule has 0 aliphatic carbocycles. The number of carbonyl (C=O) groups is 1. The minimum absolute atomic E-state index is 0.00242. The zero-order valence-corrected chi connectivity index (χ0v) is 17.1. The van der Waals surface area contributed by atoms with E-state index < -0.39 is 0 Å². The maximum atomic E-state index is 12.7. The van der Waals surface area contributed by atoms with Crippen LogP contribution in [0.2, 0.25) is 0 Å². The summed E-state index contributed by atoms with van der Waals surface area (Å²) in [7, 11) is 1.66. The average molecular weight is 379 g/mol. The molecule has 0 unspecified atom stereocenters. The molecule has 1 aromatic carbocycles. The Morgan fingerprint density at radius 1 is 1.23 bits per heavy atom. The lowest BCUT2D eigenvalue weighted by atomic mass is 9.98. The number of benzene rings is 1. The number of carbonyl (C=O) groups excluding carboxylic acids is 1. The number of thiazole rings is 1. The van der Waals surface area contributed by atoms with Crippen LogP contribution in [-0.2, 0) is 16.1 Å². The van der Waals surface area contributed by atoms with E-state index in [1.807, 2.05) is 25.1 Å². The van der Waals surface area contributed by atoms with E-state index in [1.165, 1.54) is 11.3 Å². The van der Waals surface area contributed by atoms with Crippen molar-refractivity contribution in [3.05, 3.63) is 23.0 Å². The molecule has 6 heteroatoms. The highest BCUT2D eigenvalue weighted by Gasteiger charge is 2.17. The fourth-order valence-corrected chi connectivity index (χ4v) is 4.15. The molecule has 0 aliphatic heterocycles. The van der Waals surface area contributed by atoms with Crippen LogP contribution in [0.3, 0.4) is 0 Å². The fourth-order valence-electron chi connectivity index (χ4n) is 3.06. The maximum Gasteiger partial charge on any atom is 0.251 e. The number of nitrogens with zero attached hydrogens (tertiary/aromatic N) is 2. The van der Waals surface area contributed by atoms with Gasteiger partial charge in [-0.25, -0.2) is 0 Å². The number of ether oxygens (including phenoxy) is 2. The molecule has 0 spiro atoms. The lowest BCUT2D eigenvalue weighted by Gasteiger charge is -2.10. The van der Waals surface area contributed by atoms with Crippen molar-refractivity contribution in [2.45, 2.75) is 53.0 Å². The first-order chi connectivity index (χ1) is 12.6. The van der Waals surface area contributed by atoms with Crippen molar-refractivity contribution in [1.29, 1.82) is 0 Å². The van der Waals surface area contributed by atoms with Gasteiger partial charge in [-0.3, -0.25) is 4.79 Å². The molecule has 0 aliphatic rings. The summed E-state index contributed by atoms with van der Waals surface area (Å²) in [6, 6.07) is 5.96. The molecular formula is C20H30N2O3S. The lowest BCUT2D eigenvalue weighted by molar-refractivity contribution is -0.122. The normalized spacial score (nSPS) is 12.3. The molecule has 144 valence electrons. The second-order valence-electron chi connectivity index (χ2n) is 6.29. The van der Waals surface area contributed by atoms with Gasteiger partial charge in [0, 0.05) is 19.1 Å². The van der Waals surface area contributed by atoms with E-state index in [4.69, 9.17) is 9.47 Å². The van der Waals surface area contributed by atoms with Gasteiger partial charge in [-0.1, -0.05) is 38.0 Å². The van der Waals surface area contributed by atoms with Crippen LogP contribution in [0.4, 0.5) is 0 Å². The van der Waals surface area contributed by atoms with Crippen molar-refractivity contribution < 1.29 is 14.3 Å². The Kier molecular flexibility index (Phi) is 8.32. The smallest absolute Gasteiger partial charge is 0.251 e. The van der Waals surface area contributed by atoms with Crippen molar-refractivity contribution in [3.8, 4) is 5.75 Å². The maximum absolute atomic E-state index is 12.7. The van der Waals surface area contributed by atoms with Gasteiger partial charge >= 0.3 is 0 Å². The summed E-state index contributed by atoms with van der Waals surface area (Å²) in [6.45, 7) is 8.17. The van der Waals surface area contributed by atoms with E-state index in [-0.39, 0.29) is 11.8 Å². The molecule has 0 radical (unpaired) electrons. The summed E-state index contributed by atoms with van der Waals surface area (Å²) in [4.78, 5) is 18.0. The number of hydrogen-bond donors (Lipinski definition) is 0. The summed E-state index contributed by atoms with van der Waals surface area (Å²) in [5.74, 6) is 0.825. The van der Waals surface area contributed by atoms with Gasteiger partial charge in [0.1, 0.15) is 5.75 Å². The predicted octanol–water partition coefficient (Wildman–Crippen LogP) is 4.39. The van der Waals surface area contributed by atoms with E-state index in [0.717, 1.165) is 46.5 Å². The first kappa shape index (κ1) is 20.6.